The summed E-state index contributed by atoms with van der Waals surface area (Å²) in [5.41, 5.74) is 3.05. The number of ether oxygens (including phenoxy) is 1. The van der Waals surface area contributed by atoms with Crippen LogP contribution in [0.5, 0.6) is 0 Å². The molecule has 192 valence electrons. The topological polar surface area (TPSA) is 83.5 Å². The van der Waals surface area contributed by atoms with Gasteiger partial charge in [0.2, 0.25) is 0 Å². The highest BCUT2D eigenvalue weighted by Crippen LogP contribution is 2.30. The molecule has 5 rings (SSSR count). The van der Waals surface area contributed by atoms with Gasteiger partial charge in [-0.3, -0.25) is 4.57 Å². The molecule has 1 fully saturated rings. The largest absolute Gasteiger partial charge is 0.444 e. The first-order valence-corrected chi connectivity index (χ1v) is 12.7. The van der Waals surface area contributed by atoms with Gasteiger partial charge < -0.3 is 19.5 Å². The minimum atomic E-state index is -0.561. The number of rotatable bonds is 6. The van der Waals surface area contributed by atoms with Crippen LogP contribution in [0.4, 0.5) is 10.6 Å². The fourth-order valence-corrected chi connectivity index (χ4v) is 4.90. The van der Waals surface area contributed by atoms with E-state index in [1.54, 1.807) is 15.7 Å². The van der Waals surface area contributed by atoms with Gasteiger partial charge in [-0.05, 0) is 44.4 Å². The number of nitrogens with zero attached hydrogens (tertiary/aromatic N) is 4. The summed E-state index contributed by atoms with van der Waals surface area (Å²) in [5.74, 6) is 0.725. The Balaban J connectivity index is 1.48. The number of carbonyl (C=O) groups excluding carboxylic acids is 1. The van der Waals surface area contributed by atoms with Crippen LogP contribution in [-0.2, 0) is 17.8 Å². The fraction of sp³-hybridized carbons (Fsp3) is 0.345. The molecule has 8 heteroatoms. The van der Waals surface area contributed by atoms with Crippen molar-refractivity contribution >= 4 is 22.9 Å². The van der Waals surface area contributed by atoms with Crippen LogP contribution in [0.2, 0.25) is 0 Å². The van der Waals surface area contributed by atoms with Gasteiger partial charge in [0, 0.05) is 32.4 Å². The highest BCUT2D eigenvalue weighted by atomic mass is 16.6. The normalized spacial score (nSPS) is 15.8. The molecule has 37 heavy (non-hydrogen) atoms. The SMILES string of the molecule is CC(C)(C)OC(=O)N1CC[C@@H](n2c(=O)[nH]c3c(N(Cc4ccccc4)Cc4ccccc4)nccc32)C1. The van der Waals surface area contributed by atoms with Crippen molar-refractivity contribution in [1.82, 2.24) is 19.4 Å². The summed E-state index contributed by atoms with van der Waals surface area (Å²) in [6, 6.07) is 22.2. The smallest absolute Gasteiger partial charge is 0.410 e. The molecule has 0 radical (unpaired) electrons. The first-order valence-electron chi connectivity index (χ1n) is 12.7. The Kier molecular flexibility index (Phi) is 6.74. The molecule has 1 aliphatic rings. The van der Waals surface area contributed by atoms with Crippen molar-refractivity contribution in [2.24, 2.45) is 0 Å². The number of H-pyrrole nitrogens is 1. The van der Waals surface area contributed by atoms with Crippen molar-refractivity contribution in [3.8, 4) is 0 Å². The van der Waals surface area contributed by atoms with Gasteiger partial charge in [-0.2, -0.15) is 0 Å². The number of hydrogen-bond donors (Lipinski definition) is 1. The highest BCUT2D eigenvalue weighted by Gasteiger charge is 2.32. The highest BCUT2D eigenvalue weighted by molar-refractivity contribution is 5.86. The molecule has 1 aliphatic heterocycles. The summed E-state index contributed by atoms with van der Waals surface area (Å²) in [5, 5.41) is 0. The molecule has 1 N–H and O–H groups in total. The second-order valence-corrected chi connectivity index (χ2v) is 10.5. The van der Waals surface area contributed by atoms with Crippen molar-refractivity contribution in [2.45, 2.75) is 51.9 Å². The van der Waals surface area contributed by atoms with E-state index in [0.29, 0.717) is 38.1 Å². The number of anilines is 1. The lowest BCUT2D eigenvalue weighted by atomic mass is 10.1. The van der Waals surface area contributed by atoms with Gasteiger partial charge in [-0.25, -0.2) is 14.6 Å². The number of benzene rings is 2. The van der Waals surface area contributed by atoms with E-state index in [1.165, 1.54) is 0 Å². The molecule has 0 aliphatic carbocycles. The Labute approximate surface area is 216 Å². The predicted molar refractivity (Wildman–Crippen MR) is 145 cm³/mol. The van der Waals surface area contributed by atoms with E-state index in [2.05, 4.69) is 34.1 Å². The Bertz CT molecular complexity index is 1380. The Hall–Kier alpha value is -4.07. The van der Waals surface area contributed by atoms with E-state index in [1.807, 2.05) is 63.2 Å². The standard InChI is InChI=1S/C29H33N5O3/c1-29(2,3)37-28(36)32-17-15-23(20-32)34-24-14-16-30-26(25(24)31-27(34)35)33(18-21-10-6-4-7-11-21)19-22-12-8-5-9-13-22/h4-14,16,23H,15,17-20H2,1-3H3,(H,31,35)/t23-/m1/s1. The van der Waals surface area contributed by atoms with E-state index in [4.69, 9.17) is 9.72 Å². The monoisotopic (exact) mass is 499 g/mol. The number of likely N-dealkylation sites (tertiary alicyclic amines) is 1. The number of imidazole rings is 1. The second-order valence-electron chi connectivity index (χ2n) is 10.5. The second kappa shape index (κ2) is 10.1. The quantitative estimate of drug-likeness (QED) is 0.398. The van der Waals surface area contributed by atoms with Gasteiger partial charge in [0.25, 0.3) is 0 Å². The molecule has 8 nitrogen and oxygen atoms in total. The maximum Gasteiger partial charge on any atom is 0.410 e. The van der Waals surface area contributed by atoms with Gasteiger partial charge in [-0.15, -0.1) is 0 Å². The zero-order valence-electron chi connectivity index (χ0n) is 21.6. The third-order valence-corrected chi connectivity index (χ3v) is 6.53. The molecule has 1 amide bonds. The number of carbonyl (C=O) groups is 1. The van der Waals surface area contributed by atoms with Gasteiger partial charge >= 0.3 is 11.8 Å². The summed E-state index contributed by atoms with van der Waals surface area (Å²) < 4.78 is 7.32. The molecule has 0 spiro atoms. The van der Waals surface area contributed by atoms with Crippen LogP contribution in [-0.4, -0.2) is 44.2 Å². The minimum absolute atomic E-state index is 0.138. The number of aromatic amines is 1. The molecule has 2 aromatic heterocycles. The molecule has 0 saturated carbocycles. The van der Waals surface area contributed by atoms with Crippen molar-refractivity contribution in [2.75, 3.05) is 18.0 Å². The molecule has 1 atom stereocenters. The molecule has 0 bridgehead atoms. The van der Waals surface area contributed by atoms with Crippen LogP contribution in [0, 0.1) is 0 Å². The van der Waals surface area contributed by atoms with Crippen LogP contribution in [0.25, 0.3) is 11.0 Å². The van der Waals surface area contributed by atoms with Crippen LogP contribution in [0.15, 0.2) is 77.7 Å². The molecule has 1 saturated heterocycles. The summed E-state index contributed by atoms with van der Waals surface area (Å²) in [6.07, 6.45) is 2.09. The lowest BCUT2D eigenvalue weighted by Gasteiger charge is -2.25. The van der Waals surface area contributed by atoms with Crippen LogP contribution >= 0.6 is 0 Å². The van der Waals surface area contributed by atoms with Crippen molar-refractivity contribution in [3.05, 3.63) is 94.5 Å². The van der Waals surface area contributed by atoms with E-state index >= 15 is 0 Å². The van der Waals surface area contributed by atoms with Crippen molar-refractivity contribution in [1.29, 1.82) is 0 Å². The maximum atomic E-state index is 13.2. The van der Waals surface area contributed by atoms with Gasteiger partial charge in [0.05, 0.1) is 11.6 Å². The number of amides is 1. The number of pyridine rings is 1. The van der Waals surface area contributed by atoms with Crippen molar-refractivity contribution < 1.29 is 9.53 Å². The maximum absolute atomic E-state index is 13.2. The summed E-state index contributed by atoms with van der Waals surface area (Å²) >= 11 is 0. The molecular weight excluding hydrogens is 466 g/mol. The number of hydrogen-bond acceptors (Lipinski definition) is 5. The summed E-state index contributed by atoms with van der Waals surface area (Å²) in [6.45, 7) is 7.83. The van der Waals surface area contributed by atoms with Crippen LogP contribution in [0.1, 0.15) is 44.4 Å². The van der Waals surface area contributed by atoms with Gasteiger partial charge in [0.15, 0.2) is 5.82 Å². The first-order chi connectivity index (χ1) is 17.8. The predicted octanol–water partition coefficient (Wildman–Crippen LogP) is 5.11. The fourth-order valence-electron chi connectivity index (χ4n) is 4.90. The van der Waals surface area contributed by atoms with E-state index < -0.39 is 5.60 Å². The summed E-state index contributed by atoms with van der Waals surface area (Å²) in [4.78, 5) is 37.5. The van der Waals surface area contributed by atoms with Crippen LogP contribution < -0.4 is 10.6 Å². The number of nitrogens with one attached hydrogen (secondary N) is 1. The Morgan fingerprint density at radius 1 is 1.03 bits per heavy atom. The number of fused-ring (bicyclic) bond motifs is 1. The third kappa shape index (κ3) is 5.53. The van der Waals surface area contributed by atoms with E-state index in [9.17, 15) is 9.59 Å². The zero-order chi connectivity index (χ0) is 26.0. The summed E-state index contributed by atoms with van der Waals surface area (Å²) in [7, 11) is 0. The molecule has 3 heterocycles. The van der Waals surface area contributed by atoms with Gasteiger partial charge in [0.1, 0.15) is 11.1 Å². The molecule has 4 aromatic rings. The van der Waals surface area contributed by atoms with E-state index in [0.717, 1.165) is 22.5 Å². The average molecular weight is 500 g/mol. The first kappa shape index (κ1) is 24.6. The lowest BCUT2D eigenvalue weighted by Crippen LogP contribution is -2.36. The third-order valence-electron chi connectivity index (χ3n) is 6.53. The molecule has 0 unspecified atom stereocenters. The van der Waals surface area contributed by atoms with E-state index in [-0.39, 0.29) is 17.8 Å². The lowest BCUT2D eigenvalue weighted by molar-refractivity contribution is 0.0289. The Morgan fingerprint density at radius 2 is 1.65 bits per heavy atom. The minimum Gasteiger partial charge on any atom is -0.444 e. The van der Waals surface area contributed by atoms with Crippen LogP contribution in [0.3, 0.4) is 0 Å². The van der Waals surface area contributed by atoms with Crippen molar-refractivity contribution in [3.63, 3.8) is 0 Å². The zero-order valence-corrected chi connectivity index (χ0v) is 21.6. The van der Waals surface area contributed by atoms with Gasteiger partial charge in [-0.1, -0.05) is 60.7 Å². The average Bonchev–Trinajstić information content (AvgIpc) is 3.47. The number of aromatic nitrogens is 3. The molecule has 2 aromatic carbocycles. The molecular formula is C29H33N5O3. The Morgan fingerprint density at radius 3 is 2.24 bits per heavy atom.